The van der Waals surface area contributed by atoms with E-state index in [0.29, 0.717) is 34.2 Å². The van der Waals surface area contributed by atoms with Gasteiger partial charge in [0.2, 0.25) is 0 Å². The summed E-state index contributed by atoms with van der Waals surface area (Å²) in [4.78, 5) is 0. The number of anilines is 1. The van der Waals surface area contributed by atoms with Crippen molar-refractivity contribution < 1.29 is 9.47 Å². The zero-order valence-corrected chi connectivity index (χ0v) is 10.9. The highest BCUT2D eigenvalue weighted by Gasteiger charge is 2.15. The smallest absolute Gasteiger partial charge is 0.143 e. The molecule has 0 amide bonds. The Morgan fingerprint density at radius 2 is 2.12 bits per heavy atom. The number of halogens is 2. The van der Waals surface area contributed by atoms with E-state index in [9.17, 15) is 0 Å². The van der Waals surface area contributed by atoms with Gasteiger partial charge in [-0.05, 0) is 18.9 Å². The zero-order chi connectivity index (χ0) is 12.3. The summed E-state index contributed by atoms with van der Waals surface area (Å²) in [6, 6.07) is 3.25. The highest BCUT2D eigenvalue weighted by atomic mass is 35.5. The van der Waals surface area contributed by atoms with Crippen LogP contribution in [0, 0.1) is 0 Å². The average Bonchev–Trinajstić information content (AvgIpc) is 2.78. The quantitative estimate of drug-likeness (QED) is 0.856. The fraction of sp³-hybridized carbons (Fsp3) is 0.500. The second-order valence-electron chi connectivity index (χ2n) is 4.08. The van der Waals surface area contributed by atoms with E-state index in [4.69, 9.17) is 38.4 Å². The number of hydrogen-bond donors (Lipinski definition) is 1. The van der Waals surface area contributed by atoms with Crippen LogP contribution in [0.1, 0.15) is 19.3 Å². The van der Waals surface area contributed by atoms with Crippen molar-refractivity contribution in [2.75, 3.05) is 18.9 Å². The summed E-state index contributed by atoms with van der Waals surface area (Å²) in [7, 11) is 0. The van der Waals surface area contributed by atoms with Gasteiger partial charge in [0.15, 0.2) is 0 Å². The summed E-state index contributed by atoms with van der Waals surface area (Å²) in [5.41, 5.74) is 6.29. The molecule has 5 heteroatoms. The molecule has 2 N–H and O–H groups in total. The first kappa shape index (κ1) is 12.8. The van der Waals surface area contributed by atoms with E-state index in [-0.39, 0.29) is 0 Å². The van der Waals surface area contributed by atoms with Crippen molar-refractivity contribution in [3.8, 4) is 5.75 Å². The molecule has 1 fully saturated rings. The number of hydrogen-bond acceptors (Lipinski definition) is 3. The first-order chi connectivity index (χ1) is 8.16. The van der Waals surface area contributed by atoms with Crippen molar-refractivity contribution in [3.05, 3.63) is 22.2 Å². The fourth-order valence-corrected chi connectivity index (χ4v) is 2.17. The summed E-state index contributed by atoms with van der Waals surface area (Å²) in [6.45, 7) is 1.44. The molecular weight excluding hydrogens is 261 g/mol. The van der Waals surface area contributed by atoms with Crippen molar-refractivity contribution in [2.45, 2.75) is 25.4 Å². The first-order valence-electron chi connectivity index (χ1n) is 5.66. The van der Waals surface area contributed by atoms with Gasteiger partial charge in [-0.1, -0.05) is 23.2 Å². The molecule has 0 saturated carbocycles. The van der Waals surface area contributed by atoms with Crippen LogP contribution in [-0.4, -0.2) is 19.3 Å². The lowest BCUT2D eigenvalue weighted by Crippen LogP contribution is -2.11. The highest BCUT2D eigenvalue weighted by Crippen LogP contribution is 2.32. The van der Waals surface area contributed by atoms with E-state index in [2.05, 4.69) is 0 Å². The standard InChI is InChI=1S/C12H15Cl2NO2/c13-9-6-11(15)12(7-10(9)14)17-5-3-8-2-1-4-16-8/h6-8H,1-5,15H2. The lowest BCUT2D eigenvalue weighted by atomic mass is 10.2. The fourth-order valence-electron chi connectivity index (χ4n) is 1.84. The molecule has 1 aromatic rings. The third-order valence-corrected chi connectivity index (χ3v) is 3.50. The minimum absolute atomic E-state index is 0.319. The van der Waals surface area contributed by atoms with Crippen molar-refractivity contribution in [1.29, 1.82) is 0 Å². The summed E-state index contributed by atoms with van der Waals surface area (Å²) < 4.78 is 11.1. The molecule has 1 aromatic carbocycles. The first-order valence-corrected chi connectivity index (χ1v) is 6.41. The van der Waals surface area contributed by atoms with E-state index in [1.807, 2.05) is 0 Å². The van der Waals surface area contributed by atoms with Crippen molar-refractivity contribution in [1.82, 2.24) is 0 Å². The van der Waals surface area contributed by atoms with Gasteiger partial charge < -0.3 is 15.2 Å². The van der Waals surface area contributed by atoms with Crippen molar-refractivity contribution in [3.63, 3.8) is 0 Å². The molecular formula is C12H15Cl2NO2. The monoisotopic (exact) mass is 275 g/mol. The maximum Gasteiger partial charge on any atom is 0.143 e. The SMILES string of the molecule is Nc1cc(Cl)c(Cl)cc1OCCC1CCCO1. The van der Waals surface area contributed by atoms with Crippen LogP contribution in [0.2, 0.25) is 10.0 Å². The summed E-state index contributed by atoms with van der Waals surface area (Å²) in [5.74, 6) is 0.581. The minimum atomic E-state index is 0.319. The van der Waals surface area contributed by atoms with Crippen LogP contribution in [0.4, 0.5) is 5.69 Å². The van der Waals surface area contributed by atoms with Gasteiger partial charge in [-0.3, -0.25) is 0 Å². The summed E-state index contributed by atoms with van der Waals surface area (Å²) >= 11 is 11.7. The van der Waals surface area contributed by atoms with Crippen LogP contribution in [0.5, 0.6) is 5.75 Å². The van der Waals surface area contributed by atoms with Crippen LogP contribution in [0.3, 0.4) is 0 Å². The van der Waals surface area contributed by atoms with Gasteiger partial charge in [-0.2, -0.15) is 0 Å². The minimum Gasteiger partial charge on any atom is -0.491 e. The van der Waals surface area contributed by atoms with E-state index >= 15 is 0 Å². The van der Waals surface area contributed by atoms with Crippen LogP contribution >= 0.6 is 23.2 Å². The maximum atomic E-state index is 5.90. The van der Waals surface area contributed by atoms with Gasteiger partial charge in [0, 0.05) is 19.1 Å². The Balaban J connectivity index is 1.87. The molecule has 0 radical (unpaired) electrons. The molecule has 1 atom stereocenters. The zero-order valence-electron chi connectivity index (χ0n) is 9.42. The van der Waals surface area contributed by atoms with Gasteiger partial charge in [0.25, 0.3) is 0 Å². The normalized spacial score (nSPS) is 19.5. The van der Waals surface area contributed by atoms with E-state index in [0.717, 1.165) is 25.9 Å². The van der Waals surface area contributed by atoms with Gasteiger partial charge in [0.1, 0.15) is 5.75 Å². The largest absolute Gasteiger partial charge is 0.491 e. The molecule has 1 unspecified atom stereocenters. The Kier molecular flexibility index (Phi) is 4.37. The number of ether oxygens (including phenoxy) is 2. The number of benzene rings is 1. The number of nitrogens with two attached hydrogens (primary N) is 1. The van der Waals surface area contributed by atoms with Crippen molar-refractivity contribution >= 4 is 28.9 Å². The van der Waals surface area contributed by atoms with Gasteiger partial charge >= 0.3 is 0 Å². The molecule has 1 saturated heterocycles. The molecule has 17 heavy (non-hydrogen) atoms. The average molecular weight is 276 g/mol. The Hall–Kier alpha value is -0.640. The predicted molar refractivity (Wildman–Crippen MR) is 70.0 cm³/mol. The second-order valence-corrected chi connectivity index (χ2v) is 4.89. The summed E-state index contributed by atoms with van der Waals surface area (Å²) in [6.07, 6.45) is 3.44. The molecule has 3 nitrogen and oxygen atoms in total. The Labute approximate surface area is 111 Å². The van der Waals surface area contributed by atoms with E-state index < -0.39 is 0 Å². The Morgan fingerprint density at radius 1 is 1.35 bits per heavy atom. The van der Waals surface area contributed by atoms with E-state index in [1.54, 1.807) is 12.1 Å². The molecule has 1 aliphatic rings. The molecule has 2 rings (SSSR count). The molecule has 1 aliphatic heterocycles. The molecule has 0 bridgehead atoms. The number of rotatable bonds is 4. The Bertz CT molecular complexity index is 392. The molecule has 94 valence electrons. The summed E-state index contributed by atoms with van der Waals surface area (Å²) in [5, 5.41) is 0.892. The Morgan fingerprint density at radius 3 is 2.82 bits per heavy atom. The van der Waals surface area contributed by atoms with Crippen LogP contribution in [-0.2, 0) is 4.74 Å². The van der Waals surface area contributed by atoms with Gasteiger partial charge in [-0.25, -0.2) is 0 Å². The highest BCUT2D eigenvalue weighted by molar-refractivity contribution is 6.42. The van der Waals surface area contributed by atoms with Crippen molar-refractivity contribution in [2.24, 2.45) is 0 Å². The third-order valence-electron chi connectivity index (χ3n) is 2.77. The third kappa shape index (κ3) is 3.41. The topological polar surface area (TPSA) is 44.5 Å². The van der Waals surface area contributed by atoms with Crippen LogP contribution < -0.4 is 10.5 Å². The molecule has 0 spiro atoms. The molecule has 0 aliphatic carbocycles. The maximum absolute atomic E-state index is 5.90. The van der Waals surface area contributed by atoms with Gasteiger partial charge in [0.05, 0.1) is 28.4 Å². The molecule has 0 aromatic heterocycles. The van der Waals surface area contributed by atoms with Crippen LogP contribution in [0.25, 0.3) is 0 Å². The van der Waals surface area contributed by atoms with E-state index in [1.165, 1.54) is 0 Å². The van der Waals surface area contributed by atoms with Crippen LogP contribution in [0.15, 0.2) is 12.1 Å². The lowest BCUT2D eigenvalue weighted by Gasteiger charge is -2.12. The second kappa shape index (κ2) is 5.80. The number of nitrogen functional groups attached to an aromatic ring is 1. The predicted octanol–water partition coefficient (Wildman–Crippen LogP) is 3.52. The lowest BCUT2D eigenvalue weighted by molar-refractivity contribution is 0.0904. The molecule has 1 heterocycles. The van der Waals surface area contributed by atoms with Gasteiger partial charge in [-0.15, -0.1) is 0 Å².